The summed E-state index contributed by atoms with van der Waals surface area (Å²) in [6.45, 7) is 0.437. The Balaban J connectivity index is 2.35. The van der Waals surface area contributed by atoms with Gasteiger partial charge in [0.1, 0.15) is 0 Å². The molecule has 0 bridgehead atoms. The SMILES string of the molecule is CNCc1ccc(N(C)C2CCSC2)c(C(F)(F)F)c1. The van der Waals surface area contributed by atoms with Gasteiger partial charge in [-0.3, -0.25) is 0 Å². The Bertz CT molecular complexity index is 456. The van der Waals surface area contributed by atoms with Gasteiger partial charge in [0.2, 0.25) is 0 Å². The van der Waals surface area contributed by atoms with Crippen molar-refractivity contribution in [2.24, 2.45) is 0 Å². The number of alkyl halides is 3. The molecule has 2 nitrogen and oxygen atoms in total. The molecular formula is C14H19F3N2S. The van der Waals surface area contributed by atoms with Crippen LogP contribution in [-0.2, 0) is 12.7 Å². The van der Waals surface area contributed by atoms with E-state index < -0.39 is 11.7 Å². The molecule has 20 heavy (non-hydrogen) atoms. The molecule has 0 aliphatic carbocycles. The molecule has 6 heteroatoms. The molecule has 1 unspecified atom stereocenters. The first-order chi connectivity index (χ1) is 9.43. The largest absolute Gasteiger partial charge is 0.418 e. The van der Waals surface area contributed by atoms with Crippen molar-refractivity contribution in [3.05, 3.63) is 29.3 Å². The van der Waals surface area contributed by atoms with E-state index in [-0.39, 0.29) is 11.7 Å². The molecule has 1 atom stereocenters. The molecule has 0 saturated carbocycles. The number of benzene rings is 1. The number of rotatable bonds is 4. The van der Waals surface area contributed by atoms with E-state index in [1.807, 2.05) is 0 Å². The average molecular weight is 304 g/mol. The third-order valence-corrected chi connectivity index (χ3v) is 4.73. The Labute approximate surface area is 121 Å². The van der Waals surface area contributed by atoms with E-state index in [9.17, 15) is 13.2 Å². The molecule has 1 aromatic carbocycles. The number of hydrogen-bond acceptors (Lipinski definition) is 3. The quantitative estimate of drug-likeness (QED) is 0.918. The topological polar surface area (TPSA) is 15.3 Å². The van der Waals surface area contributed by atoms with Crippen LogP contribution in [0.25, 0.3) is 0 Å². The molecule has 0 aromatic heterocycles. The third-order valence-electron chi connectivity index (χ3n) is 3.58. The maximum absolute atomic E-state index is 13.3. The highest BCUT2D eigenvalue weighted by Crippen LogP contribution is 2.38. The summed E-state index contributed by atoms with van der Waals surface area (Å²) in [4.78, 5) is 1.78. The predicted octanol–water partition coefficient (Wildman–Crippen LogP) is 3.37. The normalized spacial score (nSPS) is 19.4. The minimum Gasteiger partial charge on any atom is -0.370 e. The van der Waals surface area contributed by atoms with Crippen molar-refractivity contribution in [2.45, 2.75) is 25.2 Å². The molecule has 1 aliphatic rings. The first-order valence-electron chi connectivity index (χ1n) is 6.58. The van der Waals surface area contributed by atoms with Crippen molar-refractivity contribution < 1.29 is 13.2 Å². The van der Waals surface area contributed by atoms with Gasteiger partial charge in [-0.15, -0.1) is 0 Å². The van der Waals surface area contributed by atoms with E-state index in [2.05, 4.69) is 5.32 Å². The Hall–Kier alpha value is -0.880. The fourth-order valence-corrected chi connectivity index (χ4v) is 3.72. The van der Waals surface area contributed by atoms with Crippen molar-refractivity contribution in [2.75, 3.05) is 30.5 Å². The highest BCUT2D eigenvalue weighted by Gasteiger charge is 2.36. The summed E-state index contributed by atoms with van der Waals surface area (Å²) >= 11 is 1.80. The summed E-state index contributed by atoms with van der Waals surface area (Å²) in [5, 5.41) is 2.88. The van der Waals surface area contributed by atoms with Gasteiger partial charge in [-0.1, -0.05) is 6.07 Å². The zero-order valence-electron chi connectivity index (χ0n) is 11.6. The highest BCUT2D eigenvalue weighted by atomic mass is 32.2. The molecule has 1 aliphatic heterocycles. The maximum Gasteiger partial charge on any atom is 0.418 e. The summed E-state index contributed by atoms with van der Waals surface area (Å²) in [5.74, 6) is 1.92. The van der Waals surface area contributed by atoms with Gasteiger partial charge in [-0.25, -0.2) is 0 Å². The third kappa shape index (κ3) is 3.41. The standard InChI is InChI=1S/C14H19F3N2S/c1-18-8-10-3-4-13(12(7-10)14(15,16)17)19(2)11-5-6-20-9-11/h3-4,7,11,18H,5-6,8-9H2,1-2H3. The second kappa shape index (κ2) is 6.26. The summed E-state index contributed by atoms with van der Waals surface area (Å²) in [5.41, 5.74) is 0.396. The fraction of sp³-hybridized carbons (Fsp3) is 0.571. The lowest BCUT2D eigenvalue weighted by atomic mass is 10.1. The molecule has 0 amide bonds. The number of nitrogens with zero attached hydrogens (tertiary/aromatic N) is 1. The van der Waals surface area contributed by atoms with Crippen LogP contribution in [-0.4, -0.2) is 31.6 Å². The lowest BCUT2D eigenvalue weighted by Crippen LogP contribution is -2.33. The van der Waals surface area contributed by atoms with Gasteiger partial charge in [0, 0.05) is 31.1 Å². The molecule has 2 rings (SSSR count). The lowest BCUT2D eigenvalue weighted by Gasteiger charge is -2.29. The first kappa shape index (κ1) is 15.5. The summed E-state index contributed by atoms with van der Waals surface area (Å²) in [7, 11) is 3.49. The van der Waals surface area contributed by atoms with Crippen molar-refractivity contribution in [3.63, 3.8) is 0 Å². The molecule has 0 spiro atoms. The predicted molar refractivity (Wildman–Crippen MR) is 78.3 cm³/mol. The zero-order chi connectivity index (χ0) is 14.8. The Morgan fingerprint density at radius 1 is 1.40 bits per heavy atom. The smallest absolute Gasteiger partial charge is 0.370 e. The van der Waals surface area contributed by atoms with Gasteiger partial charge in [0.05, 0.1) is 5.56 Å². The van der Waals surface area contributed by atoms with E-state index in [0.717, 1.165) is 17.9 Å². The van der Waals surface area contributed by atoms with Crippen LogP contribution in [0.3, 0.4) is 0 Å². The molecule has 1 fully saturated rings. The summed E-state index contributed by atoms with van der Waals surface area (Å²) in [6, 6.07) is 4.80. The van der Waals surface area contributed by atoms with Crippen molar-refractivity contribution in [1.82, 2.24) is 5.32 Å². The number of thioether (sulfide) groups is 1. The van der Waals surface area contributed by atoms with Crippen molar-refractivity contribution in [3.8, 4) is 0 Å². The fourth-order valence-electron chi connectivity index (χ4n) is 2.46. The molecule has 1 heterocycles. The minimum atomic E-state index is -4.32. The minimum absolute atomic E-state index is 0.191. The Kier molecular flexibility index (Phi) is 4.86. The van der Waals surface area contributed by atoms with E-state index in [0.29, 0.717) is 12.1 Å². The monoisotopic (exact) mass is 304 g/mol. The summed E-state index contributed by atoms with van der Waals surface area (Å²) in [6.07, 6.45) is -3.38. The van der Waals surface area contributed by atoms with Gasteiger partial charge in [-0.2, -0.15) is 24.9 Å². The molecule has 1 N–H and O–H groups in total. The van der Waals surface area contributed by atoms with Crippen LogP contribution in [0.1, 0.15) is 17.5 Å². The Morgan fingerprint density at radius 3 is 2.70 bits per heavy atom. The van der Waals surface area contributed by atoms with E-state index in [1.165, 1.54) is 6.07 Å². The number of anilines is 1. The maximum atomic E-state index is 13.3. The summed E-state index contributed by atoms with van der Waals surface area (Å²) < 4.78 is 39.8. The van der Waals surface area contributed by atoms with Gasteiger partial charge < -0.3 is 10.2 Å². The van der Waals surface area contributed by atoms with E-state index in [1.54, 1.807) is 42.9 Å². The molecule has 112 valence electrons. The van der Waals surface area contributed by atoms with Gasteiger partial charge in [0.25, 0.3) is 0 Å². The molecule has 1 aromatic rings. The first-order valence-corrected chi connectivity index (χ1v) is 7.74. The van der Waals surface area contributed by atoms with Gasteiger partial charge >= 0.3 is 6.18 Å². The van der Waals surface area contributed by atoms with Crippen LogP contribution in [0.2, 0.25) is 0 Å². The van der Waals surface area contributed by atoms with E-state index in [4.69, 9.17) is 0 Å². The average Bonchev–Trinajstić information content (AvgIpc) is 2.91. The van der Waals surface area contributed by atoms with E-state index >= 15 is 0 Å². The lowest BCUT2D eigenvalue weighted by molar-refractivity contribution is -0.137. The van der Waals surface area contributed by atoms with Crippen LogP contribution < -0.4 is 10.2 Å². The second-order valence-corrected chi connectivity index (χ2v) is 6.16. The number of nitrogens with one attached hydrogen (secondary N) is 1. The second-order valence-electron chi connectivity index (χ2n) is 5.01. The number of hydrogen-bond donors (Lipinski definition) is 1. The van der Waals surface area contributed by atoms with Crippen LogP contribution in [0.5, 0.6) is 0 Å². The van der Waals surface area contributed by atoms with Gasteiger partial charge in [-0.05, 0) is 36.9 Å². The molecular weight excluding hydrogens is 285 g/mol. The van der Waals surface area contributed by atoms with Crippen LogP contribution in [0.4, 0.5) is 18.9 Å². The number of halogens is 3. The zero-order valence-corrected chi connectivity index (χ0v) is 12.4. The van der Waals surface area contributed by atoms with Crippen LogP contribution in [0.15, 0.2) is 18.2 Å². The highest BCUT2D eigenvalue weighted by molar-refractivity contribution is 7.99. The molecule has 1 saturated heterocycles. The molecule has 0 radical (unpaired) electrons. The van der Waals surface area contributed by atoms with Crippen molar-refractivity contribution in [1.29, 1.82) is 0 Å². The van der Waals surface area contributed by atoms with Crippen LogP contribution in [0, 0.1) is 0 Å². The van der Waals surface area contributed by atoms with Crippen molar-refractivity contribution >= 4 is 17.4 Å². The van der Waals surface area contributed by atoms with Gasteiger partial charge in [0.15, 0.2) is 0 Å². The Morgan fingerprint density at radius 2 is 2.15 bits per heavy atom. The van der Waals surface area contributed by atoms with Crippen LogP contribution >= 0.6 is 11.8 Å².